The second kappa shape index (κ2) is 4.25. The first kappa shape index (κ1) is 10.7. The molecule has 0 aliphatic carbocycles. The Hall–Kier alpha value is -1.34. The zero-order valence-corrected chi connectivity index (χ0v) is 8.97. The van der Waals surface area contributed by atoms with Gasteiger partial charge in [0.05, 0.1) is 16.9 Å². The van der Waals surface area contributed by atoms with Crippen molar-refractivity contribution < 1.29 is 4.21 Å². The number of aryl methyl sites for hydroxylation is 1. The Labute approximate surface area is 86.0 Å². The summed E-state index contributed by atoms with van der Waals surface area (Å²) < 4.78 is 11.7. The standard InChI is InChI=1S/C10H12N2OS/c1-7-5-9(3-4-10(7)12)14(13)8(2)6-11/h3-5,8H,12H2,1-2H3. The van der Waals surface area contributed by atoms with Crippen molar-refractivity contribution in [3.8, 4) is 6.07 Å². The first-order chi connectivity index (χ1) is 6.56. The lowest BCUT2D eigenvalue weighted by Crippen LogP contribution is -2.08. The van der Waals surface area contributed by atoms with Crippen molar-refractivity contribution in [2.24, 2.45) is 0 Å². The summed E-state index contributed by atoms with van der Waals surface area (Å²) in [7, 11) is -1.26. The van der Waals surface area contributed by atoms with Crippen LogP contribution in [0.25, 0.3) is 0 Å². The molecule has 2 N–H and O–H groups in total. The van der Waals surface area contributed by atoms with E-state index in [0.29, 0.717) is 10.6 Å². The van der Waals surface area contributed by atoms with Crippen LogP contribution in [0.3, 0.4) is 0 Å². The van der Waals surface area contributed by atoms with Crippen LogP contribution in [0.2, 0.25) is 0 Å². The first-order valence-electron chi connectivity index (χ1n) is 4.22. The Morgan fingerprint density at radius 3 is 2.71 bits per heavy atom. The molecule has 0 fully saturated rings. The highest BCUT2D eigenvalue weighted by atomic mass is 32.2. The van der Waals surface area contributed by atoms with Crippen LogP contribution in [0, 0.1) is 18.3 Å². The fourth-order valence-electron chi connectivity index (χ4n) is 1.03. The molecule has 0 amide bonds. The van der Waals surface area contributed by atoms with Gasteiger partial charge in [-0.2, -0.15) is 5.26 Å². The lowest BCUT2D eigenvalue weighted by atomic mass is 10.2. The number of nitrogens with zero attached hydrogens (tertiary/aromatic N) is 1. The van der Waals surface area contributed by atoms with Crippen LogP contribution in [-0.2, 0) is 10.8 Å². The highest BCUT2D eigenvalue weighted by Gasteiger charge is 2.12. The topological polar surface area (TPSA) is 66.9 Å². The minimum Gasteiger partial charge on any atom is -0.399 e. The normalized spacial score (nSPS) is 14.4. The molecule has 1 aromatic rings. The van der Waals surface area contributed by atoms with Gasteiger partial charge in [0.15, 0.2) is 0 Å². The Morgan fingerprint density at radius 2 is 2.21 bits per heavy atom. The summed E-state index contributed by atoms with van der Waals surface area (Å²) in [5, 5.41) is 8.13. The van der Waals surface area contributed by atoms with Crippen molar-refractivity contribution in [2.75, 3.05) is 5.73 Å². The quantitative estimate of drug-likeness (QED) is 0.750. The molecule has 0 saturated carbocycles. The molecule has 0 radical (unpaired) electrons. The number of nitrogens with two attached hydrogens (primary N) is 1. The van der Waals surface area contributed by atoms with Gasteiger partial charge in [0.2, 0.25) is 0 Å². The summed E-state index contributed by atoms with van der Waals surface area (Å²) >= 11 is 0. The number of hydrogen-bond donors (Lipinski definition) is 1. The van der Waals surface area contributed by atoms with E-state index >= 15 is 0 Å². The molecule has 0 saturated heterocycles. The number of hydrogen-bond acceptors (Lipinski definition) is 3. The number of benzene rings is 1. The van der Waals surface area contributed by atoms with Gasteiger partial charge in [0.1, 0.15) is 5.25 Å². The number of nitrogen functional groups attached to an aromatic ring is 1. The molecule has 0 aliphatic rings. The lowest BCUT2D eigenvalue weighted by Gasteiger charge is -2.05. The molecule has 1 aromatic carbocycles. The van der Waals surface area contributed by atoms with Crippen LogP contribution >= 0.6 is 0 Å². The first-order valence-corrected chi connectivity index (χ1v) is 5.44. The largest absolute Gasteiger partial charge is 0.399 e. The monoisotopic (exact) mass is 208 g/mol. The van der Waals surface area contributed by atoms with Crippen LogP contribution in [-0.4, -0.2) is 9.46 Å². The molecule has 0 bridgehead atoms. The number of rotatable bonds is 2. The van der Waals surface area contributed by atoms with Crippen LogP contribution < -0.4 is 5.73 Å². The molecule has 14 heavy (non-hydrogen) atoms. The molecular weight excluding hydrogens is 196 g/mol. The van der Waals surface area contributed by atoms with Crippen molar-refractivity contribution >= 4 is 16.5 Å². The maximum atomic E-state index is 11.7. The zero-order chi connectivity index (χ0) is 10.7. The van der Waals surface area contributed by atoms with Gasteiger partial charge in [-0.3, -0.25) is 4.21 Å². The average Bonchev–Trinajstić information content (AvgIpc) is 2.20. The second-order valence-electron chi connectivity index (χ2n) is 3.09. The Balaban J connectivity index is 3.04. The van der Waals surface area contributed by atoms with Gasteiger partial charge in [-0.15, -0.1) is 0 Å². The SMILES string of the molecule is Cc1cc(S(=O)C(C)C#N)ccc1N. The van der Waals surface area contributed by atoms with Crippen LogP contribution in [0.4, 0.5) is 5.69 Å². The van der Waals surface area contributed by atoms with E-state index < -0.39 is 16.0 Å². The molecule has 4 heteroatoms. The van der Waals surface area contributed by atoms with Crippen molar-refractivity contribution in [3.63, 3.8) is 0 Å². The van der Waals surface area contributed by atoms with Gasteiger partial charge in [-0.05, 0) is 37.6 Å². The summed E-state index contributed by atoms with van der Waals surface area (Å²) in [6.07, 6.45) is 0. The van der Waals surface area contributed by atoms with Gasteiger partial charge >= 0.3 is 0 Å². The van der Waals surface area contributed by atoms with E-state index in [1.54, 1.807) is 25.1 Å². The van der Waals surface area contributed by atoms with Crippen molar-refractivity contribution in [3.05, 3.63) is 23.8 Å². The second-order valence-corrected chi connectivity index (χ2v) is 4.86. The summed E-state index contributed by atoms with van der Waals surface area (Å²) in [6, 6.07) is 7.14. The maximum Gasteiger partial charge on any atom is 0.123 e. The fourth-order valence-corrected chi connectivity index (χ4v) is 2.02. The van der Waals surface area contributed by atoms with E-state index in [2.05, 4.69) is 0 Å². The minimum absolute atomic E-state index is 0.488. The predicted molar refractivity (Wildman–Crippen MR) is 57.1 cm³/mol. The predicted octanol–water partition coefficient (Wildman–Crippen LogP) is 1.60. The van der Waals surface area contributed by atoms with Crippen LogP contribution in [0.1, 0.15) is 12.5 Å². The molecule has 3 nitrogen and oxygen atoms in total. The van der Waals surface area contributed by atoms with E-state index in [0.717, 1.165) is 5.56 Å². The maximum absolute atomic E-state index is 11.7. The van der Waals surface area contributed by atoms with Crippen LogP contribution in [0.5, 0.6) is 0 Å². The third kappa shape index (κ3) is 2.12. The highest BCUT2D eigenvalue weighted by Crippen LogP contribution is 2.17. The molecule has 0 aromatic heterocycles. The van der Waals surface area contributed by atoms with E-state index in [9.17, 15) is 4.21 Å². The minimum atomic E-state index is -1.26. The lowest BCUT2D eigenvalue weighted by molar-refractivity contribution is 0.680. The van der Waals surface area contributed by atoms with Crippen molar-refractivity contribution in [2.45, 2.75) is 24.0 Å². The van der Waals surface area contributed by atoms with Crippen molar-refractivity contribution in [1.29, 1.82) is 5.26 Å². The summed E-state index contributed by atoms with van der Waals surface area (Å²) in [5.41, 5.74) is 7.20. The van der Waals surface area contributed by atoms with Gasteiger partial charge in [-0.1, -0.05) is 0 Å². The van der Waals surface area contributed by atoms with Gasteiger partial charge in [0, 0.05) is 10.6 Å². The molecule has 2 atom stereocenters. The highest BCUT2D eigenvalue weighted by molar-refractivity contribution is 7.86. The zero-order valence-electron chi connectivity index (χ0n) is 8.15. The fraction of sp³-hybridized carbons (Fsp3) is 0.300. The Kier molecular flexibility index (Phi) is 3.26. The van der Waals surface area contributed by atoms with E-state index in [1.807, 2.05) is 13.0 Å². The smallest absolute Gasteiger partial charge is 0.123 e. The molecule has 1 rings (SSSR count). The molecule has 0 spiro atoms. The number of nitriles is 1. The van der Waals surface area contributed by atoms with Gasteiger partial charge in [0.25, 0.3) is 0 Å². The average molecular weight is 208 g/mol. The molecule has 0 aliphatic heterocycles. The molecule has 2 unspecified atom stereocenters. The Bertz CT molecular complexity index is 409. The number of anilines is 1. The van der Waals surface area contributed by atoms with Crippen LogP contribution in [0.15, 0.2) is 23.1 Å². The van der Waals surface area contributed by atoms with E-state index in [4.69, 9.17) is 11.0 Å². The van der Waals surface area contributed by atoms with E-state index in [-0.39, 0.29) is 0 Å². The summed E-state index contributed by atoms with van der Waals surface area (Å²) in [4.78, 5) is 0.658. The van der Waals surface area contributed by atoms with Crippen molar-refractivity contribution in [1.82, 2.24) is 0 Å². The third-order valence-corrected chi connectivity index (χ3v) is 3.44. The van der Waals surface area contributed by atoms with Gasteiger partial charge in [-0.25, -0.2) is 0 Å². The third-order valence-electron chi connectivity index (χ3n) is 1.98. The summed E-state index contributed by atoms with van der Waals surface area (Å²) in [6.45, 7) is 3.49. The molecular formula is C10H12N2OS. The Morgan fingerprint density at radius 1 is 1.57 bits per heavy atom. The van der Waals surface area contributed by atoms with Gasteiger partial charge < -0.3 is 5.73 Å². The summed E-state index contributed by atoms with van der Waals surface area (Å²) in [5.74, 6) is 0. The van der Waals surface area contributed by atoms with E-state index in [1.165, 1.54) is 0 Å². The molecule has 0 heterocycles. The molecule has 74 valence electrons.